The highest BCUT2D eigenvalue weighted by Crippen LogP contribution is 2.27. The molecule has 1 aromatic heterocycles. The number of rotatable bonds is 7. The van der Waals surface area contributed by atoms with Crippen LogP contribution in [0.2, 0.25) is 5.02 Å². The van der Waals surface area contributed by atoms with Crippen LogP contribution in [0.5, 0.6) is 0 Å². The van der Waals surface area contributed by atoms with Crippen LogP contribution >= 0.6 is 11.6 Å². The van der Waals surface area contributed by atoms with Crippen molar-refractivity contribution in [1.29, 1.82) is 0 Å². The average molecular weight is 382 g/mol. The molecule has 1 heterocycles. The molecule has 2 aromatic rings. The first-order chi connectivity index (χ1) is 12.4. The Morgan fingerprint density at radius 1 is 1.27 bits per heavy atom. The predicted molar refractivity (Wildman–Crippen MR) is 88.7 cm³/mol. The number of esters is 1. The molecular weight excluding hydrogens is 370 g/mol. The lowest BCUT2D eigenvalue weighted by atomic mass is 10.3. The molecule has 136 valence electrons. The average Bonchev–Trinajstić information content (AvgIpc) is 3.14. The van der Waals surface area contributed by atoms with E-state index >= 15 is 0 Å². The molecule has 0 aliphatic rings. The molecule has 0 bridgehead atoms. The number of hydrogen-bond donors (Lipinski definition) is 2. The molecule has 2 N–H and O–H groups in total. The van der Waals surface area contributed by atoms with Crippen LogP contribution in [0.4, 0.5) is 11.4 Å². The van der Waals surface area contributed by atoms with Gasteiger partial charge in [-0.2, -0.15) is 0 Å². The number of carbonyl (C=O) groups is 3. The minimum Gasteiger partial charge on any atom is -0.459 e. The van der Waals surface area contributed by atoms with Crippen molar-refractivity contribution < 1.29 is 28.5 Å². The van der Waals surface area contributed by atoms with E-state index in [1.54, 1.807) is 0 Å². The molecule has 0 saturated carbocycles. The van der Waals surface area contributed by atoms with Gasteiger partial charge in [0.1, 0.15) is 11.6 Å². The molecule has 0 aliphatic heterocycles. The Labute approximate surface area is 151 Å². The fourth-order valence-corrected chi connectivity index (χ4v) is 1.96. The third-order valence-corrected chi connectivity index (χ3v) is 3.25. The van der Waals surface area contributed by atoms with Crippen LogP contribution in [0.25, 0.3) is 0 Å². The first kappa shape index (κ1) is 18.9. The number of anilines is 1. The lowest BCUT2D eigenvalue weighted by Gasteiger charge is -2.07. The van der Waals surface area contributed by atoms with Crippen molar-refractivity contribution in [3.63, 3.8) is 0 Å². The molecule has 11 heteroatoms. The molecule has 0 unspecified atom stereocenters. The van der Waals surface area contributed by atoms with Crippen molar-refractivity contribution >= 4 is 40.8 Å². The molecule has 0 fully saturated rings. The van der Waals surface area contributed by atoms with E-state index in [4.69, 9.17) is 16.0 Å². The summed E-state index contributed by atoms with van der Waals surface area (Å²) in [6, 6.07) is 6.62. The molecule has 0 radical (unpaired) electrons. The van der Waals surface area contributed by atoms with Gasteiger partial charge < -0.3 is 19.8 Å². The number of carbonyl (C=O) groups excluding carboxylic acids is 3. The van der Waals surface area contributed by atoms with Gasteiger partial charge in [-0.3, -0.25) is 24.5 Å². The Hall–Kier alpha value is -3.40. The van der Waals surface area contributed by atoms with Gasteiger partial charge in [-0.1, -0.05) is 11.6 Å². The molecule has 2 rings (SSSR count). The normalized spacial score (nSPS) is 10.0. The third kappa shape index (κ3) is 5.31. The molecular formula is C15H12ClN3O7. The van der Waals surface area contributed by atoms with Crippen LogP contribution in [-0.4, -0.2) is 35.9 Å². The molecule has 2 amide bonds. The number of furan rings is 1. The van der Waals surface area contributed by atoms with Gasteiger partial charge in [0.05, 0.1) is 11.2 Å². The minimum absolute atomic E-state index is 0.0277. The highest BCUT2D eigenvalue weighted by Gasteiger charge is 2.15. The van der Waals surface area contributed by atoms with E-state index in [0.717, 1.165) is 6.07 Å². The van der Waals surface area contributed by atoms with Crippen LogP contribution in [0.1, 0.15) is 10.6 Å². The van der Waals surface area contributed by atoms with E-state index < -0.39 is 35.9 Å². The maximum Gasteiger partial charge on any atom is 0.325 e. The second kappa shape index (κ2) is 8.62. The molecule has 26 heavy (non-hydrogen) atoms. The van der Waals surface area contributed by atoms with E-state index in [-0.39, 0.29) is 22.2 Å². The summed E-state index contributed by atoms with van der Waals surface area (Å²) in [7, 11) is 0. The SMILES string of the molecule is O=C(COC(=O)CNC(=O)c1ccco1)Nc1ccc(Cl)c([N+](=O)[O-])c1. The third-order valence-electron chi connectivity index (χ3n) is 2.93. The fourth-order valence-electron chi connectivity index (χ4n) is 1.77. The highest BCUT2D eigenvalue weighted by molar-refractivity contribution is 6.32. The van der Waals surface area contributed by atoms with Crippen molar-refractivity contribution in [2.75, 3.05) is 18.5 Å². The maximum atomic E-state index is 11.7. The molecule has 0 saturated heterocycles. The van der Waals surface area contributed by atoms with Crippen LogP contribution in [0, 0.1) is 10.1 Å². The second-order valence-corrected chi connectivity index (χ2v) is 5.20. The molecule has 1 aromatic carbocycles. The number of amides is 2. The maximum absolute atomic E-state index is 11.7. The number of benzene rings is 1. The summed E-state index contributed by atoms with van der Waals surface area (Å²) in [6.45, 7) is -1.09. The summed E-state index contributed by atoms with van der Waals surface area (Å²) >= 11 is 5.66. The van der Waals surface area contributed by atoms with Crippen LogP contribution in [0.15, 0.2) is 41.0 Å². The Kier molecular flexibility index (Phi) is 6.28. The van der Waals surface area contributed by atoms with E-state index in [1.807, 2.05) is 0 Å². The van der Waals surface area contributed by atoms with Gasteiger partial charge in [0, 0.05) is 11.8 Å². The summed E-state index contributed by atoms with van der Waals surface area (Å²) in [6.07, 6.45) is 1.30. The Morgan fingerprint density at radius 3 is 2.69 bits per heavy atom. The van der Waals surface area contributed by atoms with E-state index in [0.29, 0.717) is 0 Å². The van der Waals surface area contributed by atoms with Gasteiger partial charge in [0.15, 0.2) is 12.4 Å². The number of hydrogen-bond acceptors (Lipinski definition) is 7. The van der Waals surface area contributed by atoms with Gasteiger partial charge in [-0.15, -0.1) is 0 Å². The predicted octanol–water partition coefficient (Wildman–Crippen LogP) is 1.75. The zero-order valence-electron chi connectivity index (χ0n) is 13.1. The quantitative estimate of drug-likeness (QED) is 0.422. The number of nitrogens with one attached hydrogen (secondary N) is 2. The largest absolute Gasteiger partial charge is 0.459 e. The van der Waals surface area contributed by atoms with Gasteiger partial charge in [-0.05, 0) is 24.3 Å². The minimum atomic E-state index is -0.845. The molecule has 0 atom stereocenters. The van der Waals surface area contributed by atoms with Crippen molar-refractivity contribution in [1.82, 2.24) is 5.32 Å². The Bertz CT molecular complexity index is 836. The first-order valence-electron chi connectivity index (χ1n) is 7.08. The molecule has 10 nitrogen and oxygen atoms in total. The van der Waals surface area contributed by atoms with Gasteiger partial charge in [-0.25, -0.2) is 0 Å². The van der Waals surface area contributed by atoms with Crippen molar-refractivity contribution in [3.05, 3.63) is 57.5 Å². The monoisotopic (exact) mass is 381 g/mol. The molecule has 0 spiro atoms. The Morgan fingerprint density at radius 2 is 2.04 bits per heavy atom. The van der Waals surface area contributed by atoms with E-state index in [1.165, 1.54) is 30.5 Å². The second-order valence-electron chi connectivity index (χ2n) is 4.79. The van der Waals surface area contributed by atoms with Crippen LogP contribution in [-0.2, 0) is 14.3 Å². The number of nitro groups is 1. The summed E-state index contributed by atoms with van der Waals surface area (Å²) in [5.41, 5.74) is -0.254. The lowest BCUT2D eigenvalue weighted by molar-refractivity contribution is -0.384. The van der Waals surface area contributed by atoms with Crippen molar-refractivity contribution in [2.24, 2.45) is 0 Å². The van der Waals surface area contributed by atoms with Crippen molar-refractivity contribution in [2.45, 2.75) is 0 Å². The van der Waals surface area contributed by atoms with E-state index in [9.17, 15) is 24.5 Å². The summed E-state index contributed by atoms with van der Waals surface area (Å²) in [4.78, 5) is 44.9. The zero-order chi connectivity index (χ0) is 19.1. The van der Waals surface area contributed by atoms with Crippen LogP contribution < -0.4 is 10.6 Å². The summed E-state index contributed by atoms with van der Waals surface area (Å²) < 4.78 is 9.53. The topological polar surface area (TPSA) is 141 Å². The van der Waals surface area contributed by atoms with Crippen molar-refractivity contribution in [3.8, 4) is 0 Å². The fraction of sp³-hybridized carbons (Fsp3) is 0.133. The number of nitro benzene ring substituents is 1. The first-order valence-corrected chi connectivity index (χ1v) is 7.45. The van der Waals surface area contributed by atoms with Gasteiger partial charge in [0.25, 0.3) is 17.5 Å². The van der Waals surface area contributed by atoms with Gasteiger partial charge >= 0.3 is 5.97 Å². The number of ether oxygens (including phenoxy) is 1. The number of halogens is 1. The van der Waals surface area contributed by atoms with Gasteiger partial charge in [0.2, 0.25) is 0 Å². The van der Waals surface area contributed by atoms with E-state index in [2.05, 4.69) is 15.4 Å². The summed E-state index contributed by atoms with van der Waals surface area (Å²) in [5, 5.41) is 15.3. The Balaban J connectivity index is 1.78. The highest BCUT2D eigenvalue weighted by atomic mass is 35.5. The molecule has 0 aliphatic carbocycles. The zero-order valence-corrected chi connectivity index (χ0v) is 13.8. The standard InChI is InChI=1S/C15H12ClN3O7/c16-10-4-3-9(6-11(10)19(23)24)18-13(20)8-26-14(21)7-17-15(22)12-2-1-5-25-12/h1-6H,7-8H2,(H,17,22)(H,18,20). The summed E-state index contributed by atoms with van der Waals surface area (Å²) in [5.74, 6) is -2.14. The number of nitrogens with zero attached hydrogens (tertiary/aromatic N) is 1. The van der Waals surface area contributed by atoms with Crippen LogP contribution in [0.3, 0.4) is 0 Å². The lowest BCUT2D eigenvalue weighted by Crippen LogP contribution is -2.32. The smallest absolute Gasteiger partial charge is 0.325 e.